The second-order valence-corrected chi connectivity index (χ2v) is 7.21. The molecule has 1 fully saturated rings. The van der Waals surface area contributed by atoms with Gasteiger partial charge in [0, 0.05) is 6.61 Å². The molecule has 1 atom stereocenters. The van der Waals surface area contributed by atoms with Crippen molar-refractivity contribution in [1.29, 1.82) is 5.26 Å². The van der Waals surface area contributed by atoms with Crippen molar-refractivity contribution in [2.45, 2.75) is 52.6 Å². The molecule has 1 amide bonds. The summed E-state index contributed by atoms with van der Waals surface area (Å²) in [4.78, 5) is 12.8. The average Bonchev–Trinajstić information content (AvgIpc) is 3.44. The standard InChI is InChI=1S/C20H28N2O3/c1-5-10-25-20(4,16-6-7-16)19(23)22-18-9-8-17(11-15(18)12-21)24-13-14(2)3/h8-9,11,14,16H,5-7,10,13H2,1-4H3,(H,22,23). The van der Waals surface area contributed by atoms with Gasteiger partial charge in [0.1, 0.15) is 17.4 Å². The molecule has 0 spiro atoms. The number of hydrogen-bond acceptors (Lipinski definition) is 4. The normalized spacial score (nSPS) is 16.2. The van der Waals surface area contributed by atoms with Gasteiger partial charge in [0.15, 0.2) is 0 Å². The quantitative estimate of drug-likeness (QED) is 0.731. The minimum Gasteiger partial charge on any atom is -0.493 e. The highest BCUT2D eigenvalue weighted by Crippen LogP contribution is 2.42. The number of nitrogens with one attached hydrogen (secondary N) is 1. The van der Waals surface area contributed by atoms with Gasteiger partial charge in [0.2, 0.25) is 0 Å². The van der Waals surface area contributed by atoms with E-state index in [2.05, 4.69) is 25.2 Å². The molecule has 1 saturated carbocycles. The van der Waals surface area contributed by atoms with E-state index in [1.54, 1.807) is 18.2 Å². The summed E-state index contributed by atoms with van der Waals surface area (Å²) in [6, 6.07) is 7.30. The van der Waals surface area contributed by atoms with Crippen molar-refractivity contribution in [3.63, 3.8) is 0 Å². The lowest BCUT2D eigenvalue weighted by atomic mass is 9.98. The Hall–Kier alpha value is -2.06. The molecule has 5 nitrogen and oxygen atoms in total. The summed E-state index contributed by atoms with van der Waals surface area (Å²) in [6.07, 6.45) is 2.86. The van der Waals surface area contributed by atoms with Crippen LogP contribution in [0.2, 0.25) is 0 Å². The fourth-order valence-corrected chi connectivity index (χ4v) is 2.64. The molecule has 1 aromatic rings. The van der Waals surface area contributed by atoms with Gasteiger partial charge < -0.3 is 14.8 Å². The molecule has 25 heavy (non-hydrogen) atoms. The predicted molar refractivity (Wildman–Crippen MR) is 97.5 cm³/mol. The average molecular weight is 344 g/mol. The van der Waals surface area contributed by atoms with Crippen LogP contribution in [0.5, 0.6) is 5.75 Å². The van der Waals surface area contributed by atoms with Crippen molar-refractivity contribution < 1.29 is 14.3 Å². The fourth-order valence-electron chi connectivity index (χ4n) is 2.64. The molecule has 0 aromatic heterocycles. The zero-order valence-corrected chi connectivity index (χ0v) is 15.6. The minimum absolute atomic E-state index is 0.184. The molecule has 0 aliphatic heterocycles. The van der Waals surface area contributed by atoms with Crippen LogP contribution < -0.4 is 10.1 Å². The van der Waals surface area contributed by atoms with E-state index in [0.29, 0.717) is 36.1 Å². The second kappa shape index (κ2) is 8.35. The molecule has 1 aliphatic rings. The topological polar surface area (TPSA) is 71.3 Å². The third-order valence-corrected chi connectivity index (χ3v) is 4.36. The molecule has 2 rings (SSSR count). The third-order valence-electron chi connectivity index (χ3n) is 4.36. The highest BCUT2D eigenvalue weighted by Gasteiger charge is 2.48. The molecule has 1 aliphatic carbocycles. The SMILES string of the molecule is CCCOC(C)(C(=O)Nc1ccc(OCC(C)C)cc1C#N)C1CC1. The third kappa shape index (κ3) is 4.96. The highest BCUT2D eigenvalue weighted by atomic mass is 16.5. The Morgan fingerprint density at radius 3 is 2.72 bits per heavy atom. The number of hydrogen-bond donors (Lipinski definition) is 1. The Kier molecular flexibility index (Phi) is 6.44. The van der Waals surface area contributed by atoms with Crippen molar-refractivity contribution in [2.24, 2.45) is 11.8 Å². The van der Waals surface area contributed by atoms with E-state index in [1.165, 1.54) is 0 Å². The first-order valence-corrected chi connectivity index (χ1v) is 9.03. The Morgan fingerprint density at radius 1 is 1.44 bits per heavy atom. The van der Waals surface area contributed by atoms with E-state index in [0.717, 1.165) is 19.3 Å². The summed E-state index contributed by atoms with van der Waals surface area (Å²) in [5, 5.41) is 12.3. The molecule has 0 radical (unpaired) electrons. The van der Waals surface area contributed by atoms with Gasteiger partial charge in [-0.15, -0.1) is 0 Å². The summed E-state index contributed by atoms with van der Waals surface area (Å²) in [5.41, 5.74) is 0.0508. The zero-order valence-electron chi connectivity index (χ0n) is 15.6. The van der Waals surface area contributed by atoms with Gasteiger partial charge in [-0.2, -0.15) is 5.26 Å². The molecule has 0 heterocycles. The van der Waals surface area contributed by atoms with Gasteiger partial charge in [0.05, 0.1) is 17.9 Å². The Labute approximate surface area is 150 Å². The molecule has 1 N–H and O–H groups in total. The smallest absolute Gasteiger partial charge is 0.256 e. The maximum absolute atomic E-state index is 12.8. The molecular weight excluding hydrogens is 316 g/mol. The van der Waals surface area contributed by atoms with Crippen molar-refractivity contribution in [3.8, 4) is 11.8 Å². The molecule has 0 bridgehead atoms. The van der Waals surface area contributed by atoms with Crippen molar-refractivity contribution in [2.75, 3.05) is 18.5 Å². The minimum atomic E-state index is -0.838. The Bertz CT molecular complexity index is 647. The first-order chi connectivity index (χ1) is 11.9. The summed E-state index contributed by atoms with van der Waals surface area (Å²) in [6.45, 7) is 9.13. The van der Waals surface area contributed by atoms with Gasteiger partial charge in [0.25, 0.3) is 5.91 Å². The number of nitriles is 1. The summed E-state index contributed by atoms with van der Waals surface area (Å²) < 4.78 is 11.5. The largest absolute Gasteiger partial charge is 0.493 e. The summed E-state index contributed by atoms with van der Waals surface area (Å²) in [7, 11) is 0. The van der Waals surface area contributed by atoms with Crippen LogP contribution in [-0.4, -0.2) is 24.7 Å². The maximum Gasteiger partial charge on any atom is 0.256 e. The van der Waals surface area contributed by atoms with Crippen molar-refractivity contribution >= 4 is 11.6 Å². The van der Waals surface area contributed by atoms with Gasteiger partial charge >= 0.3 is 0 Å². The van der Waals surface area contributed by atoms with Gasteiger partial charge in [-0.3, -0.25) is 4.79 Å². The second-order valence-electron chi connectivity index (χ2n) is 7.21. The lowest BCUT2D eigenvalue weighted by molar-refractivity contribution is -0.142. The van der Waals surface area contributed by atoms with Crippen LogP contribution >= 0.6 is 0 Å². The number of nitrogens with zero attached hydrogens (tertiary/aromatic N) is 1. The predicted octanol–water partition coefficient (Wildman–Crippen LogP) is 4.13. The van der Waals surface area contributed by atoms with E-state index >= 15 is 0 Å². The van der Waals surface area contributed by atoms with Crippen molar-refractivity contribution in [3.05, 3.63) is 23.8 Å². The van der Waals surface area contributed by atoms with E-state index < -0.39 is 5.60 Å². The number of rotatable bonds is 9. The van der Waals surface area contributed by atoms with E-state index in [9.17, 15) is 10.1 Å². The first kappa shape index (κ1) is 19.3. The van der Waals surface area contributed by atoms with Crippen LogP contribution in [0, 0.1) is 23.2 Å². The number of carbonyl (C=O) groups is 1. The fraction of sp³-hybridized carbons (Fsp3) is 0.600. The van der Waals surface area contributed by atoms with Crippen molar-refractivity contribution in [1.82, 2.24) is 0 Å². The van der Waals surface area contributed by atoms with Gasteiger partial charge in [-0.05, 0) is 56.2 Å². The molecule has 1 aromatic carbocycles. The van der Waals surface area contributed by atoms with Gasteiger partial charge in [-0.1, -0.05) is 20.8 Å². The molecule has 0 saturated heterocycles. The number of amides is 1. The summed E-state index contributed by atoms with van der Waals surface area (Å²) in [5.74, 6) is 1.10. The lowest BCUT2D eigenvalue weighted by Gasteiger charge is -2.29. The molecule has 1 unspecified atom stereocenters. The van der Waals surface area contributed by atoms with Crippen LogP contribution in [0.25, 0.3) is 0 Å². The Morgan fingerprint density at radius 2 is 2.16 bits per heavy atom. The number of ether oxygens (including phenoxy) is 2. The number of benzene rings is 1. The highest BCUT2D eigenvalue weighted by molar-refractivity contribution is 5.98. The maximum atomic E-state index is 12.8. The monoisotopic (exact) mass is 344 g/mol. The van der Waals surface area contributed by atoms with E-state index in [-0.39, 0.29) is 11.8 Å². The lowest BCUT2D eigenvalue weighted by Crippen LogP contribution is -2.45. The number of anilines is 1. The van der Waals surface area contributed by atoms with Crippen LogP contribution in [0.15, 0.2) is 18.2 Å². The van der Waals surface area contributed by atoms with Crippen LogP contribution in [0.1, 0.15) is 52.5 Å². The van der Waals surface area contributed by atoms with Gasteiger partial charge in [-0.25, -0.2) is 0 Å². The van der Waals surface area contributed by atoms with Crippen LogP contribution in [0.4, 0.5) is 5.69 Å². The summed E-state index contributed by atoms with van der Waals surface area (Å²) >= 11 is 0. The van der Waals surface area contributed by atoms with Crippen LogP contribution in [0.3, 0.4) is 0 Å². The number of carbonyl (C=O) groups excluding carboxylic acids is 1. The van der Waals surface area contributed by atoms with E-state index in [1.807, 2.05) is 13.8 Å². The Balaban J connectivity index is 2.12. The molecular formula is C20H28N2O3. The molecule has 5 heteroatoms. The van der Waals surface area contributed by atoms with E-state index in [4.69, 9.17) is 9.47 Å². The zero-order chi connectivity index (χ0) is 18.4. The van der Waals surface area contributed by atoms with Crippen LogP contribution in [-0.2, 0) is 9.53 Å². The molecule has 136 valence electrons. The first-order valence-electron chi connectivity index (χ1n) is 9.03.